The smallest absolute Gasteiger partial charge is 0.225 e. The van der Waals surface area contributed by atoms with Crippen LogP contribution < -0.4 is 11.1 Å². The first-order chi connectivity index (χ1) is 9.63. The monoisotopic (exact) mass is 332 g/mol. The lowest BCUT2D eigenvalue weighted by molar-refractivity contribution is -0.115. The third kappa shape index (κ3) is 5.21. The fourth-order valence-electron chi connectivity index (χ4n) is 1.68. The van der Waals surface area contributed by atoms with Gasteiger partial charge in [0.05, 0.1) is 21.7 Å². The van der Waals surface area contributed by atoms with E-state index in [-0.39, 0.29) is 24.0 Å². The number of nitrogens with one attached hydrogen (secondary N) is 1. The van der Waals surface area contributed by atoms with Gasteiger partial charge >= 0.3 is 0 Å². The minimum absolute atomic E-state index is 0.0223. The Bertz CT molecular complexity index is 615. The molecule has 0 aromatic heterocycles. The van der Waals surface area contributed by atoms with Gasteiger partial charge < -0.3 is 11.1 Å². The summed E-state index contributed by atoms with van der Waals surface area (Å²) in [5.74, 6) is -0.508. The molecule has 0 spiro atoms. The third-order valence-corrected chi connectivity index (χ3v) is 6.19. The molecule has 21 heavy (non-hydrogen) atoms. The largest absolute Gasteiger partial charge is 0.397 e. The van der Waals surface area contributed by atoms with E-state index < -0.39 is 15.1 Å². The van der Waals surface area contributed by atoms with E-state index in [1.165, 1.54) is 6.07 Å². The topological polar surface area (TPSA) is 89.3 Å². The van der Waals surface area contributed by atoms with Crippen LogP contribution in [0.15, 0.2) is 18.2 Å². The Morgan fingerprint density at radius 1 is 1.33 bits per heavy atom. The molecule has 0 aliphatic rings. The van der Waals surface area contributed by atoms with Gasteiger partial charge in [-0.1, -0.05) is 25.4 Å². The van der Waals surface area contributed by atoms with Crippen molar-refractivity contribution >= 4 is 38.7 Å². The maximum atomic E-state index is 12.0. The molecule has 0 fully saturated rings. The van der Waals surface area contributed by atoms with Gasteiger partial charge in [0, 0.05) is 12.1 Å². The molecule has 0 heterocycles. The molecule has 1 unspecified atom stereocenters. The molecule has 3 N–H and O–H groups in total. The highest BCUT2D eigenvalue weighted by atomic mass is 35.5. The number of anilines is 2. The lowest BCUT2D eigenvalue weighted by Crippen LogP contribution is -2.28. The van der Waals surface area contributed by atoms with Crippen molar-refractivity contribution in [1.29, 1.82) is 0 Å². The molecule has 1 amide bonds. The summed E-state index contributed by atoms with van der Waals surface area (Å²) < 4.78 is 24.0. The summed E-state index contributed by atoms with van der Waals surface area (Å²) in [5.41, 5.74) is 6.49. The van der Waals surface area contributed by atoms with E-state index in [0.717, 1.165) is 0 Å². The van der Waals surface area contributed by atoms with Crippen molar-refractivity contribution in [3.63, 3.8) is 0 Å². The number of carbonyl (C=O) groups is 1. The number of hydrogen-bond acceptors (Lipinski definition) is 4. The zero-order chi connectivity index (χ0) is 16.2. The van der Waals surface area contributed by atoms with Crippen LogP contribution in [-0.4, -0.2) is 25.3 Å². The molecule has 7 heteroatoms. The van der Waals surface area contributed by atoms with Gasteiger partial charge in [0.2, 0.25) is 5.91 Å². The highest BCUT2D eigenvalue weighted by Crippen LogP contribution is 2.22. The second-order valence-corrected chi connectivity index (χ2v) is 8.24. The normalized spacial score (nSPS) is 13.2. The van der Waals surface area contributed by atoms with Crippen molar-refractivity contribution in [1.82, 2.24) is 0 Å². The molecule has 1 atom stereocenters. The van der Waals surface area contributed by atoms with E-state index in [1.54, 1.807) is 19.1 Å². The molecule has 1 rings (SSSR count). The van der Waals surface area contributed by atoms with Crippen LogP contribution in [0.4, 0.5) is 11.4 Å². The van der Waals surface area contributed by atoms with Crippen LogP contribution >= 0.6 is 11.6 Å². The predicted octanol–water partition coefficient (Wildman–Crippen LogP) is 2.71. The van der Waals surface area contributed by atoms with Crippen molar-refractivity contribution in [2.75, 3.05) is 16.8 Å². The fraction of sp³-hybridized carbons (Fsp3) is 0.500. The van der Waals surface area contributed by atoms with Gasteiger partial charge in [-0.15, -0.1) is 0 Å². The molecular weight excluding hydrogens is 312 g/mol. The van der Waals surface area contributed by atoms with Crippen LogP contribution in [-0.2, 0) is 14.6 Å². The first kappa shape index (κ1) is 17.8. The summed E-state index contributed by atoms with van der Waals surface area (Å²) in [6, 6.07) is 4.72. The summed E-state index contributed by atoms with van der Waals surface area (Å²) in [7, 11) is -3.27. The molecule has 0 radical (unpaired) electrons. The standard InChI is InChI=1S/C14H21ClN2O3S/c1-9(2)10(3)21(19,20)7-6-14(18)17-11-4-5-12(15)13(16)8-11/h4-5,8-10H,6-7,16H2,1-3H3,(H,17,18). The van der Waals surface area contributed by atoms with Crippen molar-refractivity contribution < 1.29 is 13.2 Å². The maximum absolute atomic E-state index is 12.0. The van der Waals surface area contributed by atoms with Gasteiger partial charge in [-0.2, -0.15) is 0 Å². The van der Waals surface area contributed by atoms with Crippen molar-refractivity contribution in [3.05, 3.63) is 23.2 Å². The Balaban J connectivity index is 2.60. The first-order valence-electron chi connectivity index (χ1n) is 6.70. The number of carbonyl (C=O) groups excluding carboxylic acids is 1. The van der Waals surface area contributed by atoms with E-state index >= 15 is 0 Å². The Hall–Kier alpha value is -1.27. The van der Waals surface area contributed by atoms with E-state index in [0.29, 0.717) is 16.4 Å². The van der Waals surface area contributed by atoms with E-state index in [2.05, 4.69) is 5.32 Å². The minimum atomic E-state index is -3.27. The Labute approximate surface area is 130 Å². The second kappa shape index (κ2) is 7.13. The van der Waals surface area contributed by atoms with Gasteiger partial charge in [0.1, 0.15) is 0 Å². The number of nitrogens with two attached hydrogens (primary N) is 1. The molecule has 0 aliphatic carbocycles. The van der Waals surface area contributed by atoms with Crippen LogP contribution in [0, 0.1) is 5.92 Å². The number of rotatable bonds is 6. The molecule has 0 aliphatic heterocycles. The van der Waals surface area contributed by atoms with Crippen molar-refractivity contribution in [3.8, 4) is 0 Å². The second-order valence-electron chi connectivity index (χ2n) is 5.35. The Morgan fingerprint density at radius 2 is 1.95 bits per heavy atom. The van der Waals surface area contributed by atoms with Crippen LogP contribution in [0.1, 0.15) is 27.2 Å². The maximum Gasteiger partial charge on any atom is 0.225 e. The summed E-state index contributed by atoms with van der Waals surface area (Å²) >= 11 is 5.79. The minimum Gasteiger partial charge on any atom is -0.397 e. The third-order valence-electron chi connectivity index (χ3n) is 3.40. The fourth-order valence-corrected chi connectivity index (χ4v) is 3.47. The zero-order valence-electron chi connectivity index (χ0n) is 12.4. The average Bonchev–Trinajstić information content (AvgIpc) is 2.40. The molecule has 1 aromatic carbocycles. The lowest BCUT2D eigenvalue weighted by Gasteiger charge is -2.16. The van der Waals surface area contributed by atoms with Gasteiger partial charge in [0.15, 0.2) is 9.84 Å². The van der Waals surface area contributed by atoms with Gasteiger partial charge in [0.25, 0.3) is 0 Å². The number of halogens is 1. The van der Waals surface area contributed by atoms with E-state index in [9.17, 15) is 13.2 Å². The SMILES string of the molecule is CC(C)C(C)S(=O)(=O)CCC(=O)Nc1ccc(Cl)c(N)c1. The predicted molar refractivity (Wildman–Crippen MR) is 87.2 cm³/mol. The quantitative estimate of drug-likeness (QED) is 0.784. The lowest BCUT2D eigenvalue weighted by atomic mass is 10.2. The van der Waals surface area contributed by atoms with E-state index in [4.69, 9.17) is 17.3 Å². The number of nitrogen functional groups attached to an aromatic ring is 1. The average molecular weight is 333 g/mol. The highest BCUT2D eigenvalue weighted by Gasteiger charge is 2.24. The van der Waals surface area contributed by atoms with Crippen LogP contribution in [0.25, 0.3) is 0 Å². The Kier molecular flexibility index (Phi) is 6.04. The summed E-state index contributed by atoms with van der Waals surface area (Å²) in [4.78, 5) is 11.8. The zero-order valence-corrected chi connectivity index (χ0v) is 14.0. The van der Waals surface area contributed by atoms with Gasteiger partial charge in [-0.3, -0.25) is 4.79 Å². The Morgan fingerprint density at radius 3 is 2.48 bits per heavy atom. The number of hydrogen-bond donors (Lipinski definition) is 2. The van der Waals surface area contributed by atoms with Crippen molar-refractivity contribution in [2.24, 2.45) is 5.92 Å². The molecule has 0 saturated carbocycles. The molecular formula is C14H21ClN2O3S. The summed E-state index contributed by atoms with van der Waals surface area (Å²) in [5, 5.41) is 2.55. The molecule has 0 bridgehead atoms. The highest BCUT2D eigenvalue weighted by molar-refractivity contribution is 7.92. The van der Waals surface area contributed by atoms with E-state index in [1.807, 2.05) is 13.8 Å². The van der Waals surface area contributed by atoms with Crippen LogP contribution in [0.3, 0.4) is 0 Å². The molecule has 118 valence electrons. The van der Waals surface area contributed by atoms with Crippen molar-refractivity contribution in [2.45, 2.75) is 32.4 Å². The molecule has 0 saturated heterocycles. The first-order valence-corrected chi connectivity index (χ1v) is 8.79. The number of amides is 1. The number of benzene rings is 1. The summed E-state index contributed by atoms with van der Waals surface area (Å²) in [6.07, 6.45) is -0.0814. The van der Waals surface area contributed by atoms with Gasteiger partial charge in [-0.05, 0) is 31.0 Å². The van der Waals surface area contributed by atoms with Crippen LogP contribution in [0.2, 0.25) is 5.02 Å². The van der Waals surface area contributed by atoms with Crippen LogP contribution in [0.5, 0.6) is 0 Å². The van der Waals surface area contributed by atoms with Gasteiger partial charge in [-0.25, -0.2) is 8.42 Å². The molecule has 1 aromatic rings. The molecule has 5 nitrogen and oxygen atoms in total. The summed E-state index contributed by atoms with van der Waals surface area (Å²) in [6.45, 7) is 5.36. The number of sulfone groups is 1.